The van der Waals surface area contributed by atoms with Gasteiger partial charge in [0.2, 0.25) is 5.91 Å². The van der Waals surface area contributed by atoms with E-state index in [1.165, 1.54) is 23.9 Å². The van der Waals surface area contributed by atoms with E-state index < -0.39 is 0 Å². The smallest absolute Gasteiger partial charge is 0.234 e. The predicted octanol–water partition coefficient (Wildman–Crippen LogP) is 5.25. The Bertz CT molecular complexity index is 965. The van der Waals surface area contributed by atoms with E-state index in [0.29, 0.717) is 28.2 Å². The first-order valence-corrected chi connectivity index (χ1v) is 11.5. The van der Waals surface area contributed by atoms with Gasteiger partial charge in [0, 0.05) is 12.3 Å². The highest BCUT2D eigenvalue weighted by atomic mass is 35.5. The number of carbonyl (C=O) groups is 1. The molecule has 2 aromatic carbocycles. The Labute approximate surface area is 182 Å². The molecule has 1 heterocycles. The molecule has 29 heavy (non-hydrogen) atoms. The summed E-state index contributed by atoms with van der Waals surface area (Å²) >= 11 is 9.10. The molecule has 0 aliphatic heterocycles. The molecule has 0 unspecified atom stereocenters. The van der Waals surface area contributed by atoms with E-state index in [9.17, 15) is 9.18 Å². The Hall–Kier alpha value is -2.03. The SMILES string of the molecule is CCn1c(CSCc2ccc(F)cc2)nnc1SCC(=O)Nc1ccccc1Cl. The Morgan fingerprint density at radius 3 is 2.62 bits per heavy atom. The van der Waals surface area contributed by atoms with Gasteiger partial charge in [-0.2, -0.15) is 0 Å². The molecule has 3 rings (SSSR count). The molecule has 0 spiro atoms. The fourth-order valence-electron chi connectivity index (χ4n) is 2.57. The minimum atomic E-state index is -0.232. The number of rotatable bonds is 9. The summed E-state index contributed by atoms with van der Waals surface area (Å²) in [5.41, 5.74) is 1.65. The first kappa shape index (κ1) is 21.7. The minimum absolute atomic E-state index is 0.152. The van der Waals surface area contributed by atoms with Crippen LogP contribution in [0.1, 0.15) is 18.3 Å². The van der Waals surface area contributed by atoms with E-state index in [1.807, 2.05) is 23.6 Å². The lowest BCUT2D eigenvalue weighted by atomic mass is 10.2. The Balaban J connectivity index is 1.52. The van der Waals surface area contributed by atoms with Crippen molar-refractivity contribution in [2.24, 2.45) is 0 Å². The molecular formula is C20H20ClFN4OS2. The number of amides is 1. The van der Waals surface area contributed by atoms with Crippen molar-refractivity contribution in [3.63, 3.8) is 0 Å². The third kappa shape index (κ3) is 6.22. The fourth-order valence-corrected chi connectivity index (χ4v) is 4.50. The molecule has 0 saturated heterocycles. The van der Waals surface area contributed by atoms with E-state index in [0.717, 1.165) is 17.1 Å². The standard InChI is InChI=1S/C20H20ClFN4OS2/c1-2-26-18(12-28-11-14-7-9-15(22)10-8-14)24-25-20(26)29-13-19(27)23-17-6-4-3-5-16(17)21/h3-10H,2,11-13H2,1H3,(H,23,27). The van der Waals surface area contributed by atoms with Crippen LogP contribution in [0.2, 0.25) is 5.02 Å². The number of halogens is 2. The van der Waals surface area contributed by atoms with Crippen molar-refractivity contribution in [3.05, 3.63) is 70.8 Å². The molecule has 0 fully saturated rings. The van der Waals surface area contributed by atoms with Gasteiger partial charge in [-0.15, -0.1) is 22.0 Å². The van der Waals surface area contributed by atoms with Gasteiger partial charge in [0.25, 0.3) is 0 Å². The second-order valence-corrected chi connectivity index (χ2v) is 8.41. The number of carbonyl (C=O) groups excluding carboxylic acids is 1. The molecule has 0 atom stereocenters. The van der Waals surface area contributed by atoms with Gasteiger partial charge in [0.05, 0.1) is 22.2 Å². The van der Waals surface area contributed by atoms with E-state index in [1.54, 1.807) is 36.0 Å². The first-order valence-electron chi connectivity index (χ1n) is 8.98. The lowest BCUT2D eigenvalue weighted by molar-refractivity contribution is -0.113. The Morgan fingerprint density at radius 1 is 1.14 bits per heavy atom. The summed E-state index contributed by atoms with van der Waals surface area (Å²) in [4.78, 5) is 12.2. The van der Waals surface area contributed by atoms with Gasteiger partial charge < -0.3 is 9.88 Å². The molecule has 3 aromatic rings. The molecule has 5 nitrogen and oxygen atoms in total. The largest absolute Gasteiger partial charge is 0.324 e. The average molecular weight is 451 g/mol. The maximum atomic E-state index is 13.0. The van der Waals surface area contributed by atoms with Crippen LogP contribution in [0.3, 0.4) is 0 Å². The normalized spacial score (nSPS) is 10.9. The van der Waals surface area contributed by atoms with Gasteiger partial charge in [0.1, 0.15) is 11.6 Å². The molecule has 0 aliphatic carbocycles. The Morgan fingerprint density at radius 2 is 1.90 bits per heavy atom. The monoisotopic (exact) mass is 450 g/mol. The van der Waals surface area contributed by atoms with Gasteiger partial charge in [-0.1, -0.05) is 47.6 Å². The number of aromatic nitrogens is 3. The average Bonchev–Trinajstić information content (AvgIpc) is 3.11. The van der Waals surface area contributed by atoms with Gasteiger partial charge in [-0.3, -0.25) is 4.79 Å². The molecule has 1 amide bonds. The number of thioether (sulfide) groups is 2. The molecule has 0 saturated carbocycles. The summed E-state index contributed by atoms with van der Waals surface area (Å²) in [5, 5.41) is 12.5. The fraction of sp³-hybridized carbons (Fsp3) is 0.250. The minimum Gasteiger partial charge on any atom is -0.324 e. The highest BCUT2D eigenvalue weighted by Crippen LogP contribution is 2.24. The van der Waals surface area contributed by atoms with Gasteiger partial charge in [-0.05, 0) is 36.8 Å². The van der Waals surface area contributed by atoms with Gasteiger partial charge in [0.15, 0.2) is 5.16 Å². The lowest BCUT2D eigenvalue weighted by Gasteiger charge is -2.08. The van der Waals surface area contributed by atoms with Gasteiger partial charge in [-0.25, -0.2) is 4.39 Å². The van der Waals surface area contributed by atoms with E-state index >= 15 is 0 Å². The highest BCUT2D eigenvalue weighted by molar-refractivity contribution is 7.99. The van der Waals surface area contributed by atoms with Crippen molar-refractivity contribution in [1.82, 2.24) is 14.8 Å². The molecule has 0 aliphatic rings. The summed E-state index contributed by atoms with van der Waals surface area (Å²) in [6.07, 6.45) is 0. The zero-order valence-electron chi connectivity index (χ0n) is 15.8. The van der Waals surface area contributed by atoms with Crippen LogP contribution in [0.25, 0.3) is 0 Å². The van der Waals surface area contributed by atoms with Crippen molar-refractivity contribution in [2.45, 2.75) is 30.1 Å². The van der Waals surface area contributed by atoms with Crippen molar-refractivity contribution in [1.29, 1.82) is 0 Å². The summed E-state index contributed by atoms with van der Waals surface area (Å²) in [5.74, 6) is 2.13. The summed E-state index contributed by atoms with van der Waals surface area (Å²) in [6.45, 7) is 2.74. The molecule has 1 aromatic heterocycles. The maximum Gasteiger partial charge on any atom is 0.234 e. The third-order valence-electron chi connectivity index (χ3n) is 4.00. The Kier molecular flexibility index (Phi) is 7.97. The molecule has 0 radical (unpaired) electrons. The second kappa shape index (κ2) is 10.7. The van der Waals surface area contributed by atoms with Crippen molar-refractivity contribution >= 4 is 46.7 Å². The van der Waals surface area contributed by atoms with E-state index in [2.05, 4.69) is 15.5 Å². The van der Waals surface area contributed by atoms with E-state index in [4.69, 9.17) is 11.6 Å². The van der Waals surface area contributed by atoms with Crippen LogP contribution in [-0.4, -0.2) is 26.4 Å². The summed E-state index contributed by atoms with van der Waals surface area (Å²) < 4.78 is 15.0. The van der Waals surface area contributed by atoms with Crippen LogP contribution in [0.15, 0.2) is 53.7 Å². The number of hydrogen-bond donors (Lipinski definition) is 1. The van der Waals surface area contributed by atoms with Gasteiger partial charge >= 0.3 is 0 Å². The molecule has 0 bridgehead atoms. The third-order valence-corrected chi connectivity index (χ3v) is 6.30. The van der Waals surface area contributed by atoms with Crippen LogP contribution < -0.4 is 5.32 Å². The maximum absolute atomic E-state index is 13.0. The zero-order valence-corrected chi connectivity index (χ0v) is 18.2. The van der Waals surface area contributed by atoms with Crippen molar-refractivity contribution in [3.8, 4) is 0 Å². The second-order valence-electron chi connectivity index (χ2n) is 6.08. The number of para-hydroxylation sites is 1. The number of hydrogen-bond acceptors (Lipinski definition) is 5. The zero-order chi connectivity index (χ0) is 20.6. The quantitative estimate of drug-likeness (QED) is 0.451. The number of nitrogens with one attached hydrogen (secondary N) is 1. The number of anilines is 1. The van der Waals surface area contributed by atoms with Crippen LogP contribution in [0, 0.1) is 5.82 Å². The highest BCUT2D eigenvalue weighted by Gasteiger charge is 2.14. The van der Waals surface area contributed by atoms with Crippen molar-refractivity contribution < 1.29 is 9.18 Å². The number of nitrogens with zero attached hydrogens (tertiary/aromatic N) is 3. The molecule has 1 N–H and O–H groups in total. The van der Waals surface area contributed by atoms with Crippen LogP contribution in [-0.2, 0) is 22.8 Å². The van der Waals surface area contributed by atoms with Crippen LogP contribution in [0.5, 0.6) is 0 Å². The van der Waals surface area contributed by atoms with Crippen LogP contribution >= 0.6 is 35.1 Å². The predicted molar refractivity (Wildman–Crippen MR) is 118 cm³/mol. The summed E-state index contributed by atoms with van der Waals surface area (Å²) in [7, 11) is 0. The molecular weight excluding hydrogens is 431 g/mol. The molecule has 9 heteroatoms. The molecule has 152 valence electrons. The van der Waals surface area contributed by atoms with Crippen molar-refractivity contribution in [2.75, 3.05) is 11.1 Å². The first-order chi connectivity index (χ1) is 14.1. The van der Waals surface area contributed by atoms with E-state index in [-0.39, 0.29) is 17.5 Å². The topological polar surface area (TPSA) is 59.8 Å². The summed E-state index contributed by atoms with van der Waals surface area (Å²) in [6, 6.07) is 13.6. The lowest BCUT2D eigenvalue weighted by Crippen LogP contribution is -2.15. The van der Waals surface area contributed by atoms with Crippen LogP contribution in [0.4, 0.5) is 10.1 Å². The number of benzene rings is 2.